The van der Waals surface area contributed by atoms with Gasteiger partial charge in [0.2, 0.25) is 0 Å². The maximum Gasteiger partial charge on any atom is 0.331 e. The van der Waals surface area contributed by atoms with Crippen molar-refractivity contribution >= 4 is 31.6 Å². The smallest absolute Gasteiger partial charge is 0.331 e. The summed E-state index contributed by atoms with van der Waals surface area (Å²) < 4.78 is 28.0. The molecule has 2 unspecified atom stereocenters. The molecule has 4 rings (SSSR count). The van der Waals surface area contributed by atoms with Crippen LogP contribution < -0.4 is 5.32 Å². The number of hydrogen-bond acceptors (Lipinski definition) is 4. The third kappa shape index (κ3) is 6.12. The highest BCUT2D eigenvalue weighted by Gasteiger charge is 2.54. The molecule has 2 aromatic carbocycles. The molecular weight excluding hydrogens is 553 g/mol. The predicted octanol–water partition coefficient (Wildman–Crippen LogP) is 9.27. The van der Waals surface area contributed by atoms with Gasteiger partial charge in [0, 0.05) is 10.7 Å². The van der Waals surface area contributed by atoms with Crippen LogP contribution in [0, 0.1) is 5.92 Å². The van der Waals surface area contributed by atoms with Gasteiger partial charge in [-0.15, -0.1) is 0 Å². The summed E-state index contributed by atoms with van der Waals surface area (Å²) in [6, 6.07) is 16.1. The predicted molar refractivity (Wildman–Crippen MR) is 170 cm³/mol. The summed E-state index contributed by atoms with van der Waals surface area (Å²) >= 11 is 6.25. The van der Waals surface area contributed by atoms with E-state index >= 15 is 4.39 Å². The third-order valence-corrected chi connectivity index (χ3v) is 16.7. The molecule has 41 heavy (non-hydrogen) atoms. The number of methoxy groups -OCH3 is 1. The molecule has 1 saturated carbocycles. The van der Waals surface area contributed by atoms with Crippen molar-refractivity contribution in [3.63, 3.8) is 0 Å². The fourth-order valence-corrected chi connectivity index (χ4v) is 14.2. The number of anilines is 1. The van der Waals surface area contributed by atoms with Crippen molar-refractivity contribution in [1.82, 2.24) is 0 Å². The molecule has 2 atom stereocenters. The first-order valence-corrected chi connectivity index (χ1v) is 17.9. The largest absolute Gasteiger partial charge is 0.467 e. The van der Waals surface area contributed by atoms with E-state index in [2.05, 4.69) is 71.1 Å². The van der Waals surface area contributed by atoms with Crippen molar-refractivity contribution in [2.75, 3.05) is 19.0 Å². The zero-order chi connectivity index (χ0) is 30.0. The number of ether oxygens (including phenoxy) is 1. The summed E-state index contributed by atoms with van der Waals surface area (Å²) in [6.45, 7) is 13.6. The Bertz CT molecular complexity index is 1170. The lowest BCUT2D eigenvalue weighted by atomic mass is 9.60. The van der Waals surface area contributed by atoms with Crippen LogP contribution in [-0.2, 0) is 25.8 Å². The molecule has 0 aromatic heterocycles. The van der Waals surface area contributed by atoms with E-state index in [0.717, 1.165) is 24.9 Å². The number of fused-ring (bicyclic) bond motifs is 2. The fraction of sp³-hybridized carbons (Fsp3) is 0.618. The Morgan fingerprint density at radius 2 is 1.63 bits per heavy atom. The second-order valence-electron chi connectivity index (χ2n) is 13.4. The SMILES string of the molecule is COC(=O)C1(Nc2cccc(Cl)c2)CCC2(CC1)c1ccccc1CC2CC(F)CO[Si](C(C)C)(C(C)C)C(C)C. The minimum absolute atomic E-state index is 0.161. The number of hydrogen-bond donors (Lipinski definition) is 1. The van der Waals surface area contributed by atoms with Gasteiger partial charge >= 0.3 is 5.97 Å². The van der Waals surface area contributed by atoms with Crippen LogP contribution in [-0.4, -0.2) is 39.7 Å². The summed E-state index contributed by atoms with van der Waals surface area (Å²) in [7, 11) is -0.695. The molecule has 0 radical (unpaired) electrons. The molecule has 226 valence electrons. The highest BCUT2D eigenvalue weighted by Crippen LogP contribution is 2.56. The van der Waals surface area contributed by atoms with E-state index in [4.69, 9.17) is 20.8 Å². The number of nitrogens with one attached hydrogen (secondary N) is 1. The third-order valence-electron chi connectivity index (χ3n) is 10.3. The van der Waals surface area contributed by atoms with Crippen molar-refractivity contribution in [3.05, 3.63) is 64.7 Å². The molecule has 1 N–H and O–H groups in total. The van der Waals surface area contributed by atoms with E-state index < -0.39 is 20.0 Å². The summed E-state index contributed by atoms with van der Waals surface area (Å²) in [6.07, 6.45) is 3.10. The summed E-state index contributed by atoms with van der Waals surface area (Å²) in [5.41, 5.74) is 3.70. The average Bonchev–Trinajstić information content (AvgIpc) is 3.21. The Morgan fingerprint density at radius 3 is 2.22 bits per heavy atom. The zero-order valence-electron chi connectivity index (χ0n) is 25.9. The lowest BCUT2D eigenvalue weighted by molar-refractivity contribution is -0.148. The molecule has 7 heteroatoms. The van der Waals surface area contributed by atoms with Crippen LogP contribution in [0.3, 0.4) is 0 Å². The van der Waals surface area contributed by atoms with Crippen LogP contribution in [0.15, 0.2) is 48.5 Å². The van der Waals surface area contributed by atoms with E-state index in [1.807, 2.05) is 24.3 Å². The maximum atomic E-state index is 16.0. The van der Waals surface area contributed by atoms with Crippen molar-refractivity contribution in [2.45, 2.75) is 114 Å². The molecule has 2 aliphatic carbocycles. The number of rotatable bonds is 11. The summed E-state index contributed by atoms with van der Waals surface area (Å²) in [5.74, 6) is -0.0992. The van der Waals surface area contributed by atoms with E-state index in [0.29, 0.717) is 40.9 Å². The van der Waals surface area contributed by atoms with Gasteiger partial charge in [-0.3, -0.25) is 0 Å². The molecule has 0 amide bonds. The van der Waals surface area contributed by atoms with Gasteiger partial charge < -0.3 is 14.5 Å². The number of alkyl halides is 1. The van der Waals surface area contributed by atoms with Crippen molar-refractivity contribution in [1.29, 1.82) is 0 Å². The lowest BCUT2D eigenvalue weighted by Gasteiger charge is -2.47. The number of carbonyl (C=O) groups is 1. The average molecular weight is 602 g/mol. The lowest BCUT2D eigenvalue weighted by Crippen LogP contribution is -2.53. The van der Waals surface area contributed by atoms with E-state index in [-0.39, 0.29) is 23.9 Å². The second kappa shape index (κ2) is 12.8. The highest BCUT2D eigenvalue weighted by molar-refractivity contribution is 6.77. The minimum atomic E-state index is -2.14. The molecule has 1 spiro atoms. The Hall–Kier alpha value is -1.89. The number of esters is 1. The van der Waals surface area contributed by atoms with Crippen LogP contribution >= 0.6 is 11.6 Å². The van der Waals surface area contributed by atoms with Gasteiger partial charge in [-0.25, -0.2) is 9.18 Å². The van der Waals surface area contributed by atoms with Gasteiger partial charge in [-0.05, 0) is 95.8 Å². The monoisotopic (exact) mass is 601 g/mol. The molecule has 0 bridgehead atoms. The Kier molecular flexibility index (Phi) is 9.97. The Balaban J connectivity index is 1.56. The van der Waals surface area contributed by atoms with E-state index in [1.165, 1.54) is 18.2 Å². The van der Waals surface area contributed by atoms with Gasteiger partial charge in [0.05, 0.1) is 13.7 Å². The van der Waals surface area contributed by atoms with Gasteiger partial charge in [0.15, 0.2) is 8.32 Å². The molecule has 1 fully saturated rings. The van der Waals surface area contributed by atoms with Crippen LogP contribution in [0.2, 0.25) is 21.6 Å². The van der Waals surface area contributed by atoms with Crippen LogP contribution in [0.1, 0.15) is 84.8 Å². The van der Waals surface area contributed by atoms with Crippen molar-refractivity contribution < 1.29 is 18.3 Å². The normalized spacial score (nSPS) is 25.1. The first-order valence-electron chi connectivity index (χ1n) is 15.4. The number of carbonyl (C=O) groups excluding carboxylic acids is 1. The van der Waals surface area contributed by atoms with Crippen LogP contribution in [0.5, 0.6) is 0 Å². The van der Waals surface area contributed by atoms with E-state index in [9.17, 15) is 4.79 Å². The van der Waals surface area contributed by atoms with Crippen molar-refractivity contribution in [2.24, 2.45) is 5.92 Å². The van der Waals surface area contributed by atoms with Crippen molar-refractivity contribution in [3.8, 4) is 0 Å². The first kappa shape index (κ1) is 32.0. The van der Waals surface area contributed by atoms with Gasteiger partial charge in [0.25, 0.3) is 0 Å². The minimum Gasteiger partial charge on any atom is -0.467 e. The quantitative estimate of drug-likeness (QED) is 0.206. The Morgan fingerprint density at radius 1 is 1.00 bits per heavy atom. The zero-order valence-corrected chi connectivity index (χ0v) is 27.7. The maximum absolute atomic E-state index is 16.0. The molecule has 4 nitrogen and oxygen atoms in total. The summed E-state index contributed by atoms with van der Waals surface area (Å²) in [5, 5.41) is 4.11. The van der Waals surface area contributed by atoms with Gasteiger partial charge in [-0.1, -0.05) is 83.5 Å². The fourth-order valence-electron chi connectivity index (χ4n) is 8.50. The number of halogens is 2. The topological polar surface area (TPSA) is 47.6 Å². The molecule has 0 saturated heterocycles. The first-order chi connectivity index (χ1) is 19.4. The standard InChI is InChI=1S/C34H49ClFNO3Si/c1-23(2)41(24(3)4,25(5)6)40-22-29(36)20-27-19-26-11-8-9-14-31(26)33(27)15-17-34(18-16-33,32(38)39-7)37-30-13-10-12-28(35)21-30/h8-14,21,23-25,27,29,37H,15-20,22H2,1-7H3. The molecule has 0 aliphatic heterocycles. The molecule has 2 aromatic rings. The highest BCUT2D eigenvalue weighted by atomic mass is 35.5. The Labute approximate surface area is 252 Å². The van der Waals surface area contributed by atoms with E-state index in [1.54, 1.807) is 0 Å². The van der Waals surface area contributed by atoms with Gasteiger partial charge in [-0.2, -0.15) is 0 Å². The molecular formula is C34H49ClFNO3Si. The van der Waals surface area contributed by atoms with Crippen LogP contribution in [0.25, 0.3) is 0 Å². The van der Waals surface area contributed by atoms with Gasteiger partial charge in [0.1, 0.15) is 11.7 Å². The number of benzene rings is 2. The molecule has 2 aliphatic rings. The second-order valence-corrected chi connectivity index (χ2v) is 19.3. The molecule has 0 heterocycles. The van der Waals surface area contributed by atoms with Crippen LogP contribution in [0.4, 0.5) is 10.1 Å². The summed E-state index contributed by atoms with van der Waals surface area (Å²) in [4.78, 5) is 13.2.